The zero-order valence-corrected chi connectivity index (χ0v) is 12.6. The average molecular weight is 293 g/mol. The lowest BCUT2D eigenvalue weighted by atomic mass is 10.1. The Balaban J connectivity index is 1.90. The number of amides is 1. The third-order valence-electron chi connectivity index (χ3n) is 3.73. The highest BCUT2D eigenvalue weighted by atomic mass is 16.5. The fourth-order valence-electron chi connectivity index (χ4n) is 2.37. The summed E-state index contributed by atoms with van der Waals surface area (Å²) in [5.74, 6) is 0.261. The number of phenolic OH excluding ortho intramolecular Hbond substituents is 1. The predicted octanol–water partition coefficient (Wildman–Crippen LogP) is 0.378. The summed E-state index contributed by atoms with van der Waals surface area (Å²) in [4.78, 5) is 16.3. The summed E-state index contributed by atoms with van der Waals surface area (Å²) >= 11 is 0. The summed E-state index contributed by atoms with van der Waals surface area (Å²) in [5.41, 5.74) is 0.469. The van der Waals surface area contributed by atoms with Crippen molar-refractivity contribution < 1.29 is 14.6 Å². The third kappa shape index (κ3) is 4.09. The Kier molecular flexibility index (Phi) is 5.41. The molecule has 1 aliphatic rings. The first-order valence-corrected chi connectivity index (χ1v) is 7.17. The van der Waals surface area contributed by atoms with Gasteiger partial charge in [-0.15, -0.1) is 0 Å². The molecule has 6 heteroatoms. The highest BCUT2D eigenvalue weighted by molar-refractivity contribution is 5.94. The Morgan fingerprint density at radius 2 is 2.14 bits per heavy atom. The molecule has 1 saturated heterocycles. The second-order valence-corrected chi connectivity index (χ2v) is 5.20. The Morgan fingerprint density at radius 1 is 1.43 bits per heavy atom. The quantitative estimate of drug-likeness (QED) is 0.821. The smallest absolute Gasteiger partial charge is 0.253 e. The van der Waals surface area contributed by atoms with Crippen LogP contribution in [-0.2, 0) is 0 Å². The van der Waals surface area contributed by atoms with Gasteiger partial charge in [-0.3, -0.25) is 9.69 Å². The molecule has 116 valence electrons. The molecule has 0 radical (unpaired) electrons. The first-order chi connectivity index (χ1) is 10.1. The van der Waals surface area contributed by atoms with Gasteiger partial charge in [0.15, 0.2) is 11.5 Å². The molecule has 0 unspecified atom stereocenters. The lowest BCUT2D eigenvalue weighted by Gasteiger charge is -2.29. The molecule has 1 heterocycles. The number of nitrogens with zero attached hydrogens (tertiary/aromatic N) is 2. The fraction of sp³-hybridized carbons (Fsp3) is 0.533. The van der Waals surface area contributed by atoms with Crippen LogP contribution in [0.3, 0.4) is 0 Å². The standard InChI is InChI=1S/C15H23N3O3/c1-17(9-10-18-7-5-16-6-8-18)15(20)12-3-4-14(21-2)13(19)11-12/h3-4,11,16,19H,5-10H2,1-2H3. The minimum absolute atomic E-state index is 0.0149. The molecule has 0 atom stereocenters. The fourth-order valence-corrected chi connectivity index (χ4v) is 2.37. The van der Waals surface area contributed by atoms with Crippen molar-refractivity contribution in [1.29, 1.82) is 0 Å². The number of carbonyl (C=O) groups is 1. The van der Waals surface area contributed by atoms with Gasteiger partial charge < -0.3 is 20.1 Å². The van der Waals surface area contributed by atoms with E-state index in [1.165, 1.54) is 13.2 Å². The minimum atomic E-state index is -0.0944. The Labute approximate surface area is 125 Å². The van der Waals surface area contributed by atoms with Crippen LogP contribution in [0.4, 0.5) is 0 Å². The van der Waals surface area contributed by atoms with Gasteiger partial charge in [-0.05, 0) is 18.2 Å². The van der Waals surface area contributed by atoms with Crippen LogP contribution >= 0.6 is 0 Å². The van der Waals surface area contributed by atoms with E-state index in [-0.39, 0.29) is 11.7 Å². The number of phenols is 1. The Bertz CT molecular complexity index is 487. The van der Waals surface area contributed by atoms with Crippen molar-refractivity contribution >= 4 is 5.91 Å². The zero-order chi connectivity index (χ0) is 15.2. The largest absolute Gasteiger partial charge is 0.504 e. The van der Waals surface area contributed by atoms with Crippen molar-refractivity contribution in [2.75, 3.05) is 53.4 Å². The van der Waals surface area contributed by atoms with Crippen LogP contribution < -0.4 is 10.1 Å². The molecular weight excluding hydrogens is 270 g/mol. The Morgan fingerprint density at radius 3 is 2.76 bits per heavy atom. The van der Waals surface area contributed by atoms with Crippen LogP contribution in [0, 0.1) is 0 Å². The van der Waals surface area contributed by atoms with E-state index < -0.39 is 0 Å². The van der Waals surface area contributed by atoms with Gasteiger partial charge in [-0.1, -0.05) is 0 Å². The van der Waals surface area contributed by atoms with Crippen molar-refractivity contribution in [2.45, 2.75) is 0 Å². The number of aromatic hydroxyl groups is 1. The van der Waals surface area contributed by atoms with Crippen LogP contribution in [0.15, 0.2) is 18.2 Å². The molecule has 1 aromatic carbocycles. The van der Waals surface area contributed by atoms with Gasteiger partial charge in [-0.25, -0.2) is 0 Å². The number of methoxy groups -OCH3 is 1. The van der Waals surface area contributed by atoms with Gasteiger partial charge in [0.2, 0.25) is 0 Å². The highest BCUT2D eigenvalue weighted by Crippen LogP contribution is 2.26. The van der Waals surface area contributed by atoms with E-state index in [0.29, 0.717) is 17.9 Å². The molecule has 0 bridgehead atoms. The molecule has 2 rings (SSSR count). The van der Waals surface area contributed by atoms with Crippen molar-refractivity contribution in [1.82, 2.24) is 15.1 Å². The number of rotatable bonds is 5. The number of hydrogen-bond acceptors (Lipinski definition) is 5. The van der Waals surface area contributed by atoms with Gasteiger partial charge in [0.25, 0.3) is 5.91 Å². The van der Waals surface area contributed by atoms with Gasteiger partial charge in [0.05, 0.1) is 7.11 Å². The van der Waals surface area contributed by atoms with E-state index in [1.807, 2.05) is 0 Å². The highest BCUT2D eigenvalue weighted by Gasteiger charge is 2.16. The maximum absolute atomic E-state index is 12.3. The maximum Gasteiger partial charge on any atom is 0.253 e. The zero-order valence-electron chi connectivity index (χ0n) is 12.6. The second-order valence-electron chi connectivity index (χ2n) is 5.20. The predicted molar refractivity (Wildman–Crippen MR) is 80.9 cm³/mol. The monoisotopic (exact) mass is 293 g/mol. The van der Waals surface area contributed by atoms with Crippen LogP contribution in [0.2, 0.25) is 0 Å². The molecule has 1 fully saturated rings. The van der Waals surface area contributed by atoms with Crippen LogP contribution in [0.25, 0.3) is 0 Å². The average Bonchev–Trinajstić information content (AvgIpc) is 2.52. The normalized spacial score (nSPS) is 15.7. The topological polar surface area (TPSA) is 65.0 Å². The number of nitrogens with one attached hydrogen (secondary N) is 1. The minimum Gasteiger partial charge on any atom is -0.504 e. The number of benzene rings is 1. The van der Waals surface area contributed by atoms with Crippen molar-refractivity contribution in [2.24, 2.45) is 0 Å². The molecule has 6 nitrogen and oxygen atoms in total. The van der Waals surface area contributed by atoms with E-state index in [9.17, 15) is 9.90 Å². The summed E-state index contributed by atoms with van der Waals surface area (Å²) in [7, 11) is 3.27. The number of likely N-dealkylation sites (N-methyl/N-ethyl adjacent to an activating group) is 1. The molecule has 0 aromatic heterocycles. The van der Waals surface area contributed by atoms with Gasteiger partial charge in [-0.2, -0.15) is 0 Å². The molecule has 1 amide bonds. The second kappa shape index (κ2) is 7.28. The van der Waals surface area contributed by atoms with Crippen molar-refractivity contribution in [3.63, 3.8) is 0 Å². The van der Waals surface area contributed by atoms with Crippen LogP contribution in [-0.4, -0.2) is 74.2 Å². The summed E-state index contributed by atoms with van der Waals surface area (Å²) in [6.45, 7) is 5.59. The SMILES string of the molecule is COc1ccc(C(=O)N(C)CCN2CCNCC2)cc1O. The molecule has 21 heavy (non-hydrogen) atoms. The molecule has 0 aliphatic carbocycles. The summed E-state index contributed by atoms with van der Waals surface area (Å²) in [6.07, 6.45) is 0. The first kappa shape index (κ1) is 15.6. The van der Waals surface area contributed by atoms with E-state index in [0.717, 1.165) is 32.7 Å². The lowest BCUT2D eigenvalue weighted by Crippen LogP contribution is -2.46. The van der Waals surface area contributed by atoms with E-state index >= 15 is 0 Å². The van der Waals surface area contributed by atoms with Crippen molar-refractivity contribution in [3.8, 4) is 11.5 Å². The van der Waals surface area contributed by atoms with Crippen LogP contribution in [0.5, 0.6) is 11.5 Å². The summed E-state index contributed by atoms with van der Waals surface area (Å²) < 4.78 is 4.98. The maximum atomic E-state index is 12.3. The molecule has 0 saturated carbocycles. The van der Waals surface area contributed by atoms with E-state index in [1.54, 1.807) is 24.1 Å². The number of carbonyl (C=O) groups excluding carboxylic acids is 1. The number of ether oxygens (including phenoxy) is 1. The Hall–Kier alpha value is -1.79. The summed E-state index contributed by atoms with van der Waals surface area (Å²) in [5, 5.41) is 13.1. The molecule has 0 spiro atoms. The number of hydrogen-bond donors (Lipinski definition) is 2. The lowest BCUT2D eigenvalue weighted by molar-refractivity contribution is 0.0774. The van der Waals surface area contributed by atoms with Crippen LogP contribution in [0.1, 0.15) is 10.4 Å². The van der Waals surface area contributed by atoms with E-state index in [4.69, 9.17) is 4.74 Å². The summed E-state index contributed by atoms with van der Waals surface area (Å²) in [6, 6.07) is 4.72. The number of piperazine rings is 1. The van der Waals surface area contributed by atoms with Crippen molar-refractivity contribution in [3.05, 3.63) is 23.8 Å². The van der Waals surface area contributed by atoms with Gasteiger partial charge in [0.1, 0.15) is 0 Å². The molecule has 1 aliphatic heterocycles. The molecule has 2 N–H and O–H groups in total. The molecular formula is C15H23N3O3. The van der Waals surface area contributed by atoms with Gasteiger partial charge >= 0.3 is 0 Å². The third-order valence-corrected chi connectivity index (χ3v) is 3.73. The van der Waals surface area contributed by atoms with Gasteiger partial charge in [0, 0.05) is 51.9 Å². The molecule has 1 aromatic rings. The van der Waals surface area contributed by atoms with E-state index in [2.05, 4.69) is 10.2 Å². The first-order valence-electron chi connectivity index (χ1n) is 7.17.